The van der Waals surface area contributed by atoms with E-state index in [2.05, 4.69) is 233 Å². The minimum atomic E-state index is -0.888. The van der Waals surface area contributed by atoms with E-state index < -0.39 is 22.8 Å². The summed E-state index contributed by atoms with van der Waals surface area (Å²) < 4.78 is 42.0. The number of nitrogens with zero attached hydrogens (tertiary/aromatic N) is 6. The van der Waals surface area contributed by atoms with Gasteiger partial charge in [0, 0.05) is 107 Å². The van der Waals surface area contributed by atoms with Crippen LogP contribution in [0.1, 0.15) is 38.5 Å². The molecule has 0 unspecified atom stereocenters. The monoisotopic (exact) mass is 1470 g/mol. The number of H-pyrrole nitrogens is 1. The number of nitriles is 4. The van der Waals surface area contributed by atoms with Crippen LogP contribution in [0.2, 0.25) is 0 Å². The normalized spacial score (nSPS) is 11.1. The van der Waals surface area contributed by atoms with Gasteiger partial charge in [-0.2, -0.15) is 21.0 Å². The molecule has 109 heavy (non-hydrogen) atoms. The first-order valence-electron chi connectivity index (χ1n) is 34.4. The number of aromatic amines is 1. The third-order valence-corrected chi connectivity index (χ3v) is 23.9. The van der Waals surface area contributed by atoms with E-state index in [1.165, 1.54) is 72.9 Å². The van der Waals surface area contributed by atoms with E-state index in [1.54, 1.807) is 95.5 Å². The van der Waals surface area contributed by atoms with E-state index in [0.717, 1.165) is 75.3 Å². The molecule has 6 aromatic heterocycles. The zero-order valence-electron chi connectivity index (χ0n) is 58.0. The van der Waals surface area contributed by atoms with Crippen LogP contribution < -0.4 is 29.6 Å². The second-order valence-electron chi connectivity index (χ2n) is 25.9. The molecule has 13 heteroatoms. The van der Waals surface area contributed by atoms with Crippen LogP contribution in [0.5, 0.6) is 0 Å². The van der Waals surface area contributed by atoms with Gasteiger partial charge in [0.25, 0.3) is 0 Å². The molecule has 0 saturated carbocycles. The second kappa shape index (κ2) is 28.8. The van der Waals surface area contributed by atoms with E-state index in [1.807, 2.05) is 47.7 Å². The number of rotatable bonds is 6. The topological polar surface area (TPSA) is 121 Å². The number of halogens is 2. The largest absolute Gasteiger partial charge is 1.00 e. The van der Waals surface area contributed by atoms with Crippen molar-refractivity contribution in [1.82, 2.24) is 14.1 Å². The van der Waals surface area contributed by atoms with Crippen LogP contribution in [0.4, 0.5) is 8.78 Å². The molecular weight excluding hydrogens is 1410 g/mol. The average molecular weight is 1470 g/mol. The molecule has 0 aliphatic carbocycles. The van der Waals surface area contributed by atoms with Crippen LogP contribution in [0, 0.1) is 57.0 Å². The van der Waals surface area contributed by atoms with Crippen LogP contribution in [0.15, 0.2) is 303 Å². The number of fused-ring (bicyclic) bond motifs is 21. The molecule has 15 aromatic carbocycles. The summed E-state index contributed by atoms with van der Waals surface area (Å²) in [7, 11) is 0. The van der Waals surface area contributed by atoms with Gasteiger partial charge in [-0.15, -0.1) is 34.0 Å². The second-order valence-corrected chi connectivity index (χ2v) is 29.1. The fourth-order valence-electron chi connectivity index (χ4n) is 15.8. The summed E-state index contributed by atoms with van der Waals surface area (Å²) in [5.41, 5.74) is 11.5. The Kier molecular flexibility index (Phi) is 18.6. The number of hydrogen-bond acceptors (Lipinski definition) is 7. The number of para-hydroxylation sites is 3. The first kappa shape index (κ1) is 70.5. The third kappa shape index (κ3) is 11.2. The van der Waals surface area contributed by atoms with Crippen LogP contribution in [-0.4, -0.2) is 14.1 Å². The molecule has 512 valence electrons. The van der Waals surface area contributed by atoms with Gasteiger partial charge in [-0.05, 0) is 58.7 Å². The summed E-state index contributed by atoms with van der Waals surface area (Å²) in [4.78, 5) is 3.59. The Labute approximate surface area is 661 Å². The zero-order chi connectivity index (χ0) is 71.3. The number of thiophene rings is 3. The van der Waals surface area contributed by atoms with Crippen LogP contribution >= 0.6 is 34.0 Å². The molecule has 7 nitrogen and oxygen atoms in total. The van der Waals surface area contributed by atoms with Crippen LogP contribution in [0.25, 0.3) is 182 Å². The van der Waals surface area contributed by atoms with Gasteiger partial charge in [0.05, 0.1) is 75.3 Å². The molecule has 0 bridgehead atoms. The van der Waals surface area contributed by atoms with Gasteiger partial charge in [0.1, 0.15) is 24.3 Å². The SMILES string of the molecule is C.C.N#Cc1c(-c2ccccc2)c(-n2c3ccccc3c3ccc4c5ccccc5sc4c32)c(C#N)c(-c2ccccc2)c1-n1c2ccccc2c2ccc3c4ccccc4sc3c21.N#Cc1c(F)c(-c2ccccc2)c(C#N)c(F)c1-c1ccccc1.[H-].[Na+].c1ccc2c(c1)[nH]c1c2ccc2c3ccccc3sc21. The van der Waals surface area contributed by atoms with E-state index in [-0.39, 0.29) is 57.0 Å². The number of nitrogens with one attached hydrogen (secondary N) is 1. The number of aromatic nitrogens is 3. The minimum absolute atomic E-state index is 0. The van der Waals surface area contributed by atoms with Gasteiger partial charge in [0.2, 0.25) is 0 Å². The van der Waals surface area contributed by atoms with Crippen LogP contribution in [0.3, 0.4) is 0 Å². The van der Waals surface area contributed by atoms with Crippen molar-refractivity contribution >= 4 is 160 Å². The van der Waals surface area contributed by atoms with Crippen molar-refractivity contribution < 1.29 is 39.8 Å². The Hall–Kier alpha value is -12.8. The Morgan fingerprint density at radius 1 is 0.284 bits per heavy atom. The van der Waals surface area contributed by atoms with Crippen molar-refractivity contribution in [3.05, 3.63) is 337 Å². The first-order chi connectivity index (χ1) is 52.3. The summed E-state index contributed by atoms with van der Waals surface area (Å²) >= 11 is 5.43. The third-order valence-electron chi connectivity index (χ3n) is 20.4. The Bertz CT molecular complexity index is 6980. The smallest absolute Gasteiger partial charge is 1.00 e. The fourth-order valence-corrected chi connectivity index (χ4v) is 19.5. The summed E-state index contributed by atoms with van der Waals surface area (Å²) in [5, 5.41) is 57.3. The van der Waals surface area contributed by atoms with E-state index in [0.29, 0.717) is 33.6 Å². The zero-order valence-corrected chi connectivity index (χ0v) is 61.5. The Morgan fingerprint density at radius 3 is 0.963 bits per heavy atom. The predicted octanol–water partition coefficient (Wildman–Crippen LogP) is 24.8. The van der Waals surface area contributed by atoms with Gasteiger partial charge in [-0.1, -0.05) is 282 Å². The predicted molar refractivity (Wildman–Crippen MR) is 451 cm³/mol. The summed E-state index contributed by atoms with van der Waals surface area (Å²) in [6.07, 6.45) is 0. The molecule has 0 amide bonds. The molecule has 0 radical (unpaired) electrons. The molecule has 0 aliphatic heterocycles. The molecular formula is C96H60F2N7NaS3. The van der Waals surface area contributed by atoms with Gasteiger partial charge in [-0.3, -0.25) is 0 Å². The van der Waals surface area contributed by atoms with E-state index in [4.69, 9.17) is 0 Å². The first-order valence-corrected chi connectivity index (χ1v) is 36.9. The maximum absolute atomic E-state index is 15.0. The van der Waals surface area contributed by atoms with Gasteiger partial charge in [0.15, 0.2) is 11.6 Å². The summed E-state index contributed by atoms with van der Waals surface area (Å²) in [6, 6.07) is 111. The quantitative estimate of drug-likeness (QED) is 0.167. The number of benzene rings is 15. The molecule has 0 atom stereocenters. The summed E-state index contributed by atoms with van der Waals surface area (Å²) in [6.45, 7) is 0. The molecule has 0 spiro atoms. The van der Waals surface area contributed by atoms with Crippen molar-refractivity contribution in [1.29, 1.82) is 21.0 Å². The van der Waals surface area contributed by atoms with Crippen molar-refractivity contribution in [2.45, 2.75) is 14.9 Å². The summed E-state index contributed by atoms with van der Waals surface area (Å²) in [5.74, 6) is -1.78. The molecule has 6 heterocycles. The Balaban J connectivity index is 0.000000164. The maximum Gasteiger partial charge on any atom is 1.00 e. The molecule has 21 aromatic rings. The van der Waals surface area contributed by atoms with Crippen molar-refractivity contribution in [3.8, 4) is 80.2 Å². The van der Waals surface area contributed by atoms with Crippen molar-refractivity contribution in [2.24, 2.45) is 0 Å². The van der Waals surface area contributed by atoms with Gasteiger partial charge >= 0.3 is 29.6 Å². The molecule has 0 fully saturated rings. The van der Waals surface area contributed by atoms with Crippen molar-refractivity contribution in [2.75, 3.05) is 0 Å². The molecule has 0 saturated heterocycles. The fraction of sp³-hybridized carbons (Fsp3) is 0.0208. The minimum Gasteiger partial charge on any atom is -1.00 e. The maximum atomic E-state index is 15.0. The van der Waals surface area contributed by atoms with E-state index >= 15 is 0 Å². The van der Waals surface area contributed by atoms with Crippen molar-refractivity contribution in [3.63, 3.8) is 0 Å². The molecule has 1 N–H and O–H groups in total. The van der Waals surface area contributed by atoms with Crippen LogP contribution in [-0.2, 0) is 0 Å². The van der Waals surface area contributed by atoms with E-state index in [9.17, 15) is 29.8 Å². The Morgan fingerprint density at radius 2 is 0.578 bits per heavy atom. The molecule has 0 aliphatic rings. The average Bonchev–Trinajstić information content (AvgIpc) is 1.44. The molecule has 21 rings (SSSR count). The van der Waals surface area contributed by atoms with Gasteiger partial charge in [-0.25, -0.2) is 8.78 Å². The van der Waals surface area contributed by atoms with Gasteiger partial charge < -0.3 is 15.5 Å². The number of hydrogen-bond donors (Lipinski definition) is 1. The standard InChI is InChI=1S/C56H30N4S2.C20H10F2N2.C18H11NS.2CH4.Na.H/c57-31-43-49(33-15-3-1-4-16-33)51(59-45-23-11-7-19-35(45)39-27-29-41-37-21-9-13-25-47(37)61-55(41)53(39)59)44(32-58)50(34-17-5-2-6-18-34)52(43)60-46-24-12-8-20-36(46)40-28-30-42-38-22-10-14-26-48(38)62-56(42)54(40)60;21-19-16(12-24)18(14-9-5-2-6-10-14)20(22)15(11-23)17(19)13-7-3-1-4-8-13;1-3-7-15-11(5-1)13-9-10-14-12-6-2-4-8-16(12)20-18(14)17(13)19-15;;;;/h1-30H;1-10H;1-10,19H;2*1H4;;/q;;;;;+1;-1.